The lowest BCUT2D eigenvalue weighted by Gasteiger charge is -2.17. The number of hydrogen-bond acceptors (Lipinski definition) is 2. The Kier molecular flexibility index (Phi) is 4.82. The average molecular weight is 256 g/mol. The van der Waals surface area contributed by atoms with Crippen LogP contribution in [0, 0.1) is 0 Å². The van der Waals surface area contributed by atoms with E-state index in [4.69, 9.17) is 0 Å². The fourth-order valence-electron chi connectivity index (χ4n) is 1.84. The highest BCUT2D eigenvalue weighted by molar-refractivity contribution is 5.77. The van der Waals surface area contributed by atoms with E-state index in [9.17, 15) is 13.6 Å². The Bertz CT molecular complexity index is 399. The molecule has 0 aromatic heterocycles. The second-order valence-electron chi connectivity index (χ2n) is 4.16. The molecule has 0 saturated heterocycles. The van der Waals surface area contributed by atoms with E-state index in [1.54, 1.807) is 12.1 Å². The molecule has 0 amide bonds. The van der Waals surface area contributed by atoms with Crippen LogP contribution in [-0.2, 0) is 15.5 Å². The summed E-state index contributed by atoms with van der Waals surface area (Å²) in [7, 11) is 1.32. The zero-order valence-electron chi connectivity index (χ0n) is 10.9. The summed E-state index contributed by atoms with van der Waals surface area (Å²) in [5, 5.41) is 0. The normalized spacial score (nSPS) is 13.2. The second-order valence-corrected chi connectivity index (χ2v) is 4.16. The van der Waals surface area contributed by atoms with Crippen LogP contribution in [0.25, 0.3) is 0 Å². The molecule has 0 spiro atoms. The largest absolute Gasteiger partial charge is 0.469 e. The number of ether oxygens (including phenoxy) is 1. The van der Waals surface area contributed by atoms with E-state index in [1.165, 1.54) is 26.2 Å². The maximum atomic E-state index is 13.4. The molecule has 1 unspecified atom stereocenters. The molecule has 0 bridgehead atoms. The number of alkyl halides is 2. The Hall–Kier alpha value is -1.45. The zero-order chi connectivity index (χ0) is 13.8. The molecule has 0 aliphatic rings. The lowest BCUT2D eigenvalue weighted by molar-refractivity contribution is -0.142. The third kappa shape index (κ3) is 3.06. The van der Waals surface area contributed by atoms with E-state index in [2.05, 4.69) is 4.74 Å². The number of halogens is 2. The van der Waals surface area contributed by atoms with Crippen LogP contribution in [-0.4, -0.2) is 13.1 Å². The van der Waals surface area contributed by atoms with Gasteiger partial charge in [-0.25, -0.2) is 8.78 Å². The molecular formula is C14H18F2O2. The SMILES string of the molecule is CCC(C(=O)OC)c1ccc(C(F)(F)CC)cc1. The van der Waals surface area contributed by atoms with Gasteiger partial charge in [-0.2, -0.15) is 0 Å². The van der Waals surface area contributed by atoms with Crippen LogP contribution in [0.1, 0.15) is 43.7 Å². The molecule has 0 radical (unpaired) electrons. The minimum atomic E-state index is -2.81. The van der Waals surface area contributed by atoms with Gasteiger partial charge in [0.1, 0.15) is 0 Å². The van der Waals surface area contributed by atoms with Gasteiger partial charge >= 0.3 is 5.97 Å². The van der Waals surface area contributed by atoms with Crippen LogP contribution in [0.3, 0.4) is 0 Å². The molecule has 4 heteroatoms. The van der Waals surface area contributed by atoms with Gasteiger partial charge in [-0.1, -0.05) is 38.1 Å². The Morgan fingerprint density at radius 2 is 1.83 bits per heavy atom. The number of rotatable bonds is 5. The molecule has 1 rings (SSSR count). The van der Waals surface area contributed by atoms with Crippen LogP contribution in [0.2, 0.25) is 0 Å². The van der Waals surface area contributed by atoms with E-state index in [1.807, 2.05) is 6.92 Å². The molecule has 2 nitrogen and oxygen atoms in total. The predicted molar refractivity (Wildman–Crippen MR) is 65.7 cm³/mol. The van der Waals surface area contributed by atoms with Gasteiger partial charge in [0, 0.05) is 12.0 Å². The number of carbonyl (C=O) groups excluding carboxylic acids is 1. The number of esters is 1. The molecule has 18 heavy (non-hydrogen) atoms. The van der Waals surface area contributed by atoms with Crippen LogP contribution in [0.5, 0.6) is 0 Å². The van der Waals surface area contributed by atoms with Crippen LogP contribution >= 0.6 is 0 Å². The summed E-state index contributed by atoms with van der Waals surface area (Å²) in [6.07, 6.45) is 0.344. The van der Waals surface area contributed by atoms with E-state index in [0.717, 1.165) is 0 Å². The summed E-state index contributed by atoms with van der Waals surface area (Å²) in [6, 6.07) is 5.91. The molecule has 1 aromatic carbocycles. The molecular weight excluding hydrogens is 238 g/mol. The highest BCUT2D eigenvalue weighted by Crippen LogP contribution is 2.32. The van der Waals surface area contributed by atoms with Crippen molar-refractivity contribution in [3.63, 3.8) is 0 Å². The molecule has 0 aliphatic heterocycles. The fourth-order valence-corrected chi connectivity index (χ4v) is 1.84. The summed E-state index contributed by atoms with van der Waals surface area (Å²) in [6.45, 7) is 3.30. The molecule has 0 fully saturated rings. The van der Waals surface area contributed by atoms with Crippen molar-refractivity contribution in [2.45, 2.75) is 38.5 Å². The van der Waals surface area contributed by atoms with E-state index >= 15 is 0 Å². The van der Waals surface area contributed by atoms with Crippen molar-refractivity contribution < 1.29 is 18.3 Å². The summed E-state index contributed by atoms with van der Waals surface area (Å²) < 4.78 is 31.6. The van der Waals surface area contributed by atoms with Crippen LogP contribution in [0.15, 0.2) is 24.3 Å². The van der Waals surface area contributed by atoms with Crippen molar-refractivity contribution in [3.8, 4) is 0 Å². The Balaban J connectivity index is 2.98. The lowest BCUT2D eigenvalue weighted by atomic mass is 9.94. The molecule has 0 aliphatic carbocycles. The average Bonchev–Trinajstić information content (AvgIpc) is 2.40. The first-order chi connectivity index (χ1) is 8.46. The first-order valence-electron chi connectivity index (χ1n) is 6.02. The van der Waals surface area contributed by atoms with Crippen molar-refractivity contribution in [2.24, 2.45) is 0 Å². The maximum absolute atomic E-state index is 13.4. The molecule has 1 atom stereocenters. The summed E-state index contributed by atoms with van der Waals surface area (Å²) in [5.74, 6) is -3.54. The van der Waals surface area contributed by atoms with Gasteiger partial charge < -0.3 is 4.74 Å². The van der Waals surface area contributed by atoms with Gasteiger partial charge in [-0.3, -0.25) is 4.79 Å². The number of hydrogen-bond donors (Lipinski definition) is 0. The quantitative estimate of drug-likeness (QED) is 0.748. The van der Waals surface area contributed by atoms with Crippen molar-refractivity contribution in [3.05, 3.63) is 35.4 Å². The third-order valence-electron chi connectivity index (χ3n) is 3.07. The number of benzene rings is 1. The van der Waals surface area contributed by atoms with Gasteiger partial charge in [0.2, 0.25) is 0 Å². The molecule has 0 heterocycles. The molecule has 1 aromatic rings. The topological polar surface area (TPSA) is 26.3 Å². The first kappa shape index (κ1) is 14.6. The van der Waals surface area contributed by atoms with Crippen molar-refractivity contribution in [2.75, 3.05) is 7.11 Å². The highest BCUT2D eigenvalue weighted by atomic mass is 19.3. The molecule has 100 valence electrons. The lowest BCUT2D eigenvalue weighted by Crippen LogP contribution is -2.15. The van der Waals surface area contributed by atoms with Gasteiger partial charge in [0.15, 0.2) is 0 Å². The fraction of sp³-hybridized carbons (Fsp3) is 0.500. The smallest absolute Gasteiger partial charge is 0.313 e. The van der Waals surface area contributed by atoms with Crippen molar-refractivity contribution in [1.82, 2.24) is 0 Å². The Morgan fingerprint density at radius 1 is 1.28 bits per heavy atom. The van der Waals surface area contributed by atoms with Gasteiger partial charge in [0.25, 0.3) is 5.92 Å². The predicted octanol–water partition coefficient (Wildman–Crippen LogP) is 3.86. The monoisotopic (exact) mass is 256 g/mol. The van der Waals surface area contributed by atoms with E-state index < -0.39 is 5.92 Å². The van der Waals surface area contributed by atoms with E-state index in [0.29, 0.717) is 12.0 Å². The van der Waals surface area contributed by atoms with Gasteiger partial charge in [-0.05, 0) is 12.0 Å². The highest BCUT2D eigenvalue weighted by Gasteiger charge is 2.29. The minimum absolute atomic E-state index is 0.0199. The van der Waals surface area contributed by atoms with E-state index in [-0.39, 0.29) is 23.9 Å². The summed E-state index contributed by atoms with van der Waals surface area (Å²) in [4.78, 5) is 11.5. The van der Waals surface area contributed by atoms with Crippen LogP contribution < -0.4 is 0 Å². The summed E-state index contributed by atoms with van der Waals surface area (Å²) >= 11 is 0. The van der Waals surface area contributed by atoms with Crippen LogP contribution in [0.4, 0.5) is 8.78 Å². The Morgan fingerprint density at radius 3 is 2.22 bits per heavy atom. The van der Waals surface area contributed by atoms with Crippen molar-refractivity contribution in [1.29, 1.82) is 0 Å². The third-order valence-corrected chi connectivity index (χ3v) is 3.07. The second kappa shape index (κ2) is 5.94. The maximum Gasteiger partial charge on any atom is 0.313 e. The minimum Gasteiger partial charge on any atom is -0.469 e. The van der Waals surface area contributed by atoms with Crippen molar-refractivity contribution >= 4 is 5.97 Å². The Labute approximate surface area is 106 Å². The van der Waals surface area contributed by atoms with Gasteiger partial charge in [0.05, 0.1) is 13.0 Å². The zero-order valence-corrected chi connectivity index (χ0v) is 10.9. The molecule has 0 N–H and O–H groups in total. The standard InChI is InChI=1S/C14H18F2O2/c1-4-12(13(17)18-3)10-6-8-11(9-7-10)14(15,16)5-2/h6-9,12H,4-5H2,1-3H3. The number of carbonyl (C=O) groups is 1. The van der Waals surface area contributed by atoms with Gasteiger partial charge in [-0.15, -0.1) is 0 Å². The molecule has 0 saturated carbocycles. The summed E-state index contributed by atoms with van der Waals surface area (Å²) in [5.41, 5.74) is 0.688. The first-order valence-corrected chi connectivity index (χ1v) is 6.02. The number of methoxy groups -OCH3 is 1.